The highest BCUT2D eigenvalue weighted by Gasteiger charge is 2.12. The van der Waals surface area contributed by atoms with E-state index in [0.717, 1.165) is 10.4 Å². The normalized spacial score (nSPS) is 10.5. The summed E-state index contributed by atoms with van der Waals surface area (Å²) < 4.78 is 11.4. The van der Waals surface area contributed by atoms with Gasteiger partial charge in [0.05, 0.1) is 12.0 Å². The molecule has 1 aromatic carbocycles. The lowest BCUT2D eigenvalue weighted by Gasteiger charge is -2.22. The molecule has 0 atom stereocenters. The summed E-state index contributed by atoms with van der Waals surface area (Å²) in [4.78, 5) is 17.7. The predicted octanol–water partition coefficient (Wildman–Crippen LogP) is 4.67. The highest BCUT2D eigenvalue weighted by atomic mass is 32.1. The molecule has 0 amide bonds. The zero-order valence-electron chi connectivity index (χ0n) is 15.7. The minimum Gasteiger partial charge on any atom is -0.493 e. The average Bonchev–Trinajstić information content (AvgIpc) is 3.24. The van der Waals surface area contributed by atoms with Gasteiger partial charge in [0.15, 0.2) is 11.5 Å². The van der Waals surface area contributed by atoms with Gasteiger partial charge >= 0.3 is 0 Å². The summed E-state index contributed by atoms with van der Waals surface area (Å²) in [5, 5.41) is 12.8. The summed E-state index contributed by atoms with van der Waals surface area (Å²) in [6.45, 7) is 3.83. The fourth-order valence-corrected chi connectivity index (χ4v) is 3.34. The maximum atomic E-state index is 10.8. The van der Waals surface area contributed by atoms with E-state index in [1.165, 1.54) is 12.3 Å². The Morgan fingerprint density at radius 3 is 2.68 bits per heavy atom. The summed E-state index contributed by atoms with van der Waals surface area (Å²) >= 11 is 1.65. The summed E-state index contributed by atoms with van der Waals surface area (Å²) in [5.41, 5.74) is 1.01. The Hall–Kier alpha value is -3.13. The number of thiophene rings is 1. The average molecular weight is 399 g/mol. The molecule has 0 unspecified atom stereocenters. The van der Waals surface area contributed by atoms with Crippen molar-refractivity contribution in [2.75, 3.05) is 18.6 Å². The first-order chi connectivity index (χ1) is 13.6. The number of rotatable bonds is 9. The van der Waals surface area contributed by atoms with Crippen molar-refractivity contribution < 1.29 is 14.4 Å². The number of hydrogen-bond donors (Lipinski definition) is 0. The third kappa shape index (κ3) is 4.77. The number of ether oxygens (including phenoxy) is 2. The van der Waals surface area contributed by atoms with E-state index >= 15 is 0 Å². The number of benzene rings is 1. The molecule has 0 aliphatic heterocycles. The second kappa shape index (κ2) is 9.18. The first-order valence-corrected chi connectivity index (χ1v) is 9.66. The minimum absolute atomic E-state index is 0.0197. The topological polar surface area (TPSA) is 77.7 Å². The van der Waals surface area contributed by atoms with Gasteiger partial charge in [-0.25, -0.2) is 4.98 Å². The maximum absolute atomic E-state index is 10.8. The van der Waals surface area contributed by atoms with E-state index in [1.54, 1.807) is 24.5 Å². The fourth-order valence-electron chi connectivity index (χ4n) is 2.72. The van der Waals surface area contributed by atoms with Gasteiger partial charge in [-0.2, -0.15) is 0 Å². The van der Waals surface area contributed by atoms with E-state index in [4.69, 9.17) is 9.47 Å². The lowest BCUT2D eigenvalue weighted by atomic mass is 10.2. The monoisotopic (exact) mass is 399 g/mol. The molecule has 0 spiro atoms. The Morgan fingerprint density at radius 2 is 2.07 bits per heavy atom. The quantitative estimate of drug-likeness (QED) is 0.384. The van der Waals surface area contributed by atoms with Gasteiger partial charge < -0.3 is 14.4 Å². The van der Waals surface area contributed by atoms with Gasteiger partial charge in [0.2, 0.25) is 0 Å². The summed E-state index contributed by atoms with van der Waals surface area (Å²) in [6, 6.07) is 13.0. The molecular weight excluding hydrogens is 378 g/mol. The van der Waals surface area contributed by atoms with Crippen LogP contribution in [-0.2, 0) is 13.2 Å². The van der Waals surface area contributed by atoms with Crippen molar-refractivity contribution in [3.05, 3.63) is 74.6 Å². The minimum atomic E-state index is -0.452. The summed E-state index contributed by atoms with van der Waals surface area (Å²) in [6.07, 6.45) is 1.28. The van der Waals surface area contributed by atoms with Crippen LogP contribution in [0.1, 0.15) is 17.4 Å². The number of hydrogen-bond acceptors (Lipinski definition) is 7. The molecule has 0 saturated heterocycles. The largest absolute Gasteiger partial charge is 0.493 e. The molecule has 0 N–H and O–H groups in total. The predicted molar refractivity (Wildman–Crippen MR) is 109 cm³/mol. The summed E-state index contributed by atoms with van der Waals surface area (Å²) in [7, 11) is 1.62. The molecule has 0 aliphatic rings. The SMILES string of the molecule is CCN(Cc1ccc(OCc2cccs2)c(OC)c1)c1ccc([N+](=O)[O-])cn1. The van der Waals surface area contributed by atoms with Gasteiger partial charge in [-0.05, 0) is 42.1 Å². The standard InChI is InChI=1S/C20H21N3O4S/c1-3-22(20-9-7-16(12-21-20)23(24)25)13-15-6-8-18(19(11-15)26-2)27-14-17-5-4-10-28-17/h4-12H,3,13-14H2,1-2H3. The van der Waals surface area contributed by atoms with E-state index < -0.39 is 4.92 Å². The molecular formula is C20H21N3O4S. The molecule has 2 heterocycles. The van der Waals surface area contributed by atoms with Gasteiger partial charge in [-0.1, -0.05) is 12.1 Å². The second-order valence-electron chi connectivity index (χ2n) is 6.00. The molecule has 8 heteroatoms. The lowest BCUT2D eigenvalue weighted by molar-refractivity contribution is -0.385. The Bertz CT molecular complexity index is 914. The zero-order valence-corrected chi connectivity index (χ0v) is 16.5. The van der Waals surface area contributed by atoms with Gasteiger partial charge in [0.25, 0.3) is 5.69 Å². The van der Waals surface area contributed by atoms with Crippen molar-refractivity contribution in [2.24, 2.45) is 0 Å². The van der Waals surface area contributed by atoms with Crippen LogP contribution < -0.4 is 14.4 Å². The van der Waals surface area contributed by atoms with Crippen LogP contribution in [0.2, 0.25) is 0 Å². The maximum Gasteiger partial charge on any atom is 0.287 e. The van der Waals surface area contributed by atoms with Crippen molar-refractivity contribution in [1.82, 2.24) is 4.98 Å². The Morgan fingerprint density at radius 1 is 1.21 bits per heavy atom. The van der Waals surface area contributed by atoms with Crippen molar-refractivity contribution in [3.63, 3.8) is 0 Å². The van der Waals surface area contributed by atoms with Crippen LogP contribution >= 0.6 is 11.3 Å². The van der Waals surface area contributed by atoms with Crippen LogP contribution in [0.15, 0.2) is 54.0 Å². The Balaban J connectivity index is 1.72. The first-order valence-electron chi connectivity index (χ1n) is 8.78. The molecule has 3 rings (SSSR count). The highest BCUT2D eigenvalue weighted by Crippen LogP contribution is 2.30. The molecule has 0 radical (unpaired) electrons. The molecule has 0 fully saturated rings. The smallest absolute Gasteiger partial charge is 0.287 e. The van der Waals surface area contributed by atoms with Crippen LogP contribution in [-0.4, -0.2) is 23.6 Å². The molecule has 28 heavy (non-hydrogen) atoms. The van der Waals surface area contributed by atoms with Crippen molar-refractivity contribution in [3.8, 4) is 11.5 Å². The Labute approximate surface area is 167 Å². The van der Waals surface area contributed by atoms with Crippen LogP contribution in [0.3, 0.4) is 0 Å². The van der Waals surface area contributed by atoms with Crippen molar-refractivity contribution in [2.45, 2.75) is 20.1 Å². The van der Waals surface area contributed by atoms with E-state index in [2.05, 4.69) is 4.98 Å². The summed E-state index contributed by atoms with van der Waals surface area (Å²) in [5.74, 6) is 2.04. The zero-order chi connectivity index (χ0) is 19.9. The van der Waals surface area contributed by atoms with Gasteiger partial charge in [-0.15, -0.1) is 11.3 Å². The van der Waals surface area contributed by atoms with Crippen LogP contribution in [0, 0.1) is 10.1 Å². The van der Waals surface area contributed by atoms with E-state index in [1.807, 2.05) is 47.5 Å². The molecule has 3 aromatic rings. The number of pyridine rings is 1. The van der Waals surface area contributed by atoms with E-state index in [9.17, 15) is 10.1 Å². The fraction of sp³-hybridized carbons (Fsp3) is 0.250. The van der Waals surface area contributed by atoms with E-state index in [0.29, 0.717) is 37.0 Å². The van der Waals surface area contributed by atoms with E-state index in [-0.39, 0.29) is 5.69 Å². The van der Waals surface area contributed by atoms with Gasteiger partial charge in [-0.3, -0.25) is 10.1 Å². The first kappa shape index (κ1) is 19.6. The number of methoxy groups -OCH3 is 1. The molecule has 0 aliphatic carbocycles. The Kier molecular flexibility index (Phi) is 6.44. The van der Waals surface area contributed by atoms with Gasteiger partial charge in [0.1, 0.15) is 18.6 Å². The van der Waals surface area contributed by atoms with Crippen LogP contribution in [0.4, 0.5) is 11.5 Å². The number of nitro groups is 1. The van der Waals surface area contributed by atoms with Crippen LogP contribution in [0.25, 0.3) is 0 Å². The second-order valence-corrected chi connectivity index (χ2v) is 7.03. The third-order valence-electron chi connectivity index (χ3n) is 4.20. The number of aromatic nitrogens is 1. The van der Waals surface area contributed by atoms with Crippen molar-refractivity contribution in [1.29, 1.82) is 0 Å². The molecule has 2 aromatic heterocycles. The van der Waals surface area contributed by atoms with Crippen molar-refractivity contribution >= 4 is 22.8 Å². The molecule has 0 bridgehead atoms. The lowest BCUT2D eigenvalue weighted by Crippen LogP contribution is -2.23. The van der Waals surface area contributed by atoms with Crippen LogP contribution in [0.5, 0.6) is 11.5 Å². The number of nitrogens with zero attached hydrogens (tertiary/aromatic N) is 3. The molecule has 7 nitrogen and oxygen atoms in total. The number of anilines is 1. The molecule has 146 valence electrons. The third-order valence-corrected chi connectivity index (χ3v) is 5.05. The molecule has 0 saturated carbocycles. The highest BCUT2D eigenvalue weighted by molar-refractivity contribution is 7.09. The van der Waals surface area contributed by atoms with Gasteiger partial charge in [0, 0.05) is 24.0 Å².